The summed E-state index contributed by atoms with van der Waals surface area (Å²) in [5.41, 5.74) is 1.62. The number of aryl methyl sites for hydroxylation is 1. The monoisotopic (exact) mass is 345 g/mol. The molecule has 6 heteroatoms. The first kappa shape index (κ1) is 14.5. The second-order valence-corrected chi connectivity index (χ2v) is 7.96. The van der Waals surface area contributed by atoms with Gasteiger partial charge in [0.05, 0.1) is 5.75 Å². The van der Waals surface area contributed by atoms with E-state index >= 15 is 0 Å². The average molecular weight is 346 g/mol. The van der Waals surface area contributed by atoms with Crippen molar-refractivity contribution >= 4 is 37.4 Å². The van der Waals surface area contributed by atoms with Crippen LogP contribution >= 0.6 is 15.9 Å². The molecule has 1 unspecified atom stereocenters. The Kier molecular flexibility index (Phi) is 4.30. The summed E-state index contributed by atoms with van der Waals surface area (Å²) in [4.78, 5) is 12.1. The number of hydrogen-bond acceptors (Lipinski definition) is 3. The van der Waals surface area contributed by atoms with Crippen molar-refractivity contribution in [3.63, 3.8) is 0 Å². The molecule has 1 saturated heterocycles. The van der Waals surface area contributed by atoms with Gasteiger partial charge in [0.25, 0.3) is 0 Å². The minimum Gasteiger partial charge on any atom is -0.325 e. The van der Waals surface area contributed by atoms with Gasteiger partial charge in [-0.1, -0.05) is 22.4 Å². The van der Waals surface area contributed by atoms with Gasteiger partial charge in [-0.15, -0.1) is 0 Å². The molecule has 104 valence electrons. The number of halogens is 1. The summed E-state index contributed by atoms with van der Waals surface area (Å²) < 4.78 is 24.7. The molecule has 19 heavy (non-hydrogen) atoms. The molecule has 2 rings (SSSR count). The molecule has 0 radical (unpaired) electrons. The number of sulfone groups is 1. The summed E-state index contributed by atoms with van der Waals surface area (Å²) in [6.07, 6.45) is 1.86. The summed E-state index contributed by atoms with van der Waals surface area (Å²) in [7, 11) is -3.28. The molecule has 0 spiro atoms. The maximum Gasteiger partial charge on any atom is 0.242 e. The first-order valence-electron chi connectivity index (χ1n) is 6.19. The SMILES string of the molecule is Cc1cc(NC(=O)C2CCCCS2(=O)=O)ccc1Br. The minimum absolute atomic E-state index is 0.116. The van der Waals surface area contributed by atoms with E-state index in [0.717, 1.165) is 16.5 Å². The molecule has 1 amide bonds. The molecule has 4 nitrogen and oxygen atoms in total. The third-order valence-electron chi connectivity index (χ3n) is 3.30. The van der Waals surface area contributed by atoms with Crippen molar-refractivity contribution in [2.24, 2.45) is 0 Å². The number of anilines is 1. The van der Waals surface area contributed by atoms with Crippen LogP contribution in [0.3, 0.4) is 0 Å². The molecule has 1 heterocycles. The lowest BCUT2D eigenvalue weighted by Gasteiger charge is -2.21. The zero-order valence-corrected chi connectivity index (χ0v) is 13.1. The normalized spacial score (nSPS) is 21.9. The maximum atomic E-state index is 12.1. The molecule has 0 saturated carbocycles. The molecule has 1 atom stereocenters. The molecule has 1 aliphatic heterocycles. The maximum absolute atomic E-state index is 12.1. The minimum atomic E-state index is -3.28. The largest absolute Gasteiger partial charge is 0.325 e. The highest BCUT2D eigenvalue weighted by Gasteiger charge is 2.34. The van der Waals surface area contributed by atoms with Gasteiger partial charge in [-0.05, 0) is 43.5 Å². The Morgan fingerprint density at radius 2 is 2.11 bits per heavy atom. The third-order valence-corrected chi connectivity index (χ3v) is 6.36. The highest BCUT2D eigenvalue weighted by Crippen LogP contribution is 2.23. The number of carbonyl (C=O) groups is 1. The van der Waals surface area contributed by atoms with Crippen LogP contribution in [-0.2, 0) is 14.6 Å². The zero-order chi connectivity index (χ0) is 14.0. The Labute approximate surface area is 121 Å². The van der Waals surface area contributed by atoms with Gasteiger partial charge in [-0.25, -0.2) is 8.42 Å². The summed E-state index contributed by atoms with van der Waals surface area (Å²) in [5, 5.41) is 1.80. The van der Waals surface area contributed by atoms with Crippen molar-refractivity contribution in [3.05, 3.63) is 28.2 Å². The second-order valence-electron chi connectivity index (χ2n) is 4.80. The van der Waals surface area contributed by atoms with Crippen LogP contribution in [0.4, 0.5) is 5.69 Å². The number of carbonyl (C=O) groups excluding carboxylic acids is 1. The Morgan fingerprint density at radius 1 is 1.37 bits per heavy atom. The van der Waals surface area contributed by atoms with Crippen molar-refractivity contribution < 1.29 is 13.2 Å². The van der Waals surface area contributed by atoms with Gasteiger partial charge in [0.2, 0.25) is 5.91 Å². The van der Waals surface area contributed by atoms with Gasteiger partial charge in [0.1, 0.15) is 5.25 Å². The quantitative estimate of drug-likeness (QED) is 0.896. The van der Waals surface area contributed by atoms with Gasteiger partial charge in [0.15, 0.2) is 9.84 Å². The highest BCUT2D eigenvalue weighted by molar-refractivity contribution is 9.10. The fourth-order valence-electron chi connectivity index (χ4n) is 2.19. The summed E-state index contributed by atoms with van der Waals surface area (Å²) in [5.74, 6) is -0.300. The molecule has 1 aromatic rings. The van der Waals surface area contributed by atoms with E-state index in [1.165, 1.54) is 0 Å². The molecular weight excluding hydrogens is 330 g/mol. The lowest BCUT2D eigenvalue weighted by molar-refractivity contribution is -0.116. The number of hydrogen-bond donors (Lipinski definition) is 1. The van der Waals surface area contributed by atoms with E-state index in [1.54, 1.807) is 6.07 Å². The Morgan fingerprint density at radius 3 is 2.74 bits per heavy atom. The van der Waals surface area contributed by atoms with Crippen LogP contribution in [0.15, 0.2) is 22.7 Å². The Hall–Kier alpha value is -0.880. The van der Waals surface area contributed by atoms with Gasteiger partial charge in [0, 0.05) is 10.2 Å². The number of amides is 1. The van der Waals surface area contributed by atoms with E-state index < -0.39 is 21.0 Å². The summed E-state index contributed by atoms with van der Waals surface area (Å²) in [6.45, 7) is 1.91. The smallest absolute Gasteiger partial charge is 0.242 e. The molecule has 1 N–H and O–H groups in total. The first-order valence-corrected chi connectivity index (χ1v) is 8.69. The molecule has 1 aliphatic rings. The standard InChI is InChI=1S/C13H16BrNO3S/c1-9-8-10(5-6-11(9)14)15-13(16)12-4-2-3-7-19(12,17)18/h5-6,8,12H,2-4,7H2,1H3,(H,15,16). The number of benzene rings is 1. The van der Waals surface area contributed by atoms with E-state index in [2.05, 4.69) is 21.2 Å². The predicted molar refractivity (Wildman–Crippen MR) is 78.9 cm³/mol. The molecule has 1 fully saturated rings. The van der Waals surface area contributed by atoms with Crippen molar-refractivity contribution in [1.29, 1.82) is 0 Å². The van der Waals surface area contributed by atoms with E-state index in [-0.39, 0.29) is 5.75 Å². The van der Waals surface area contributed by atoms with E-state index in [4.69, 9.17) is 0 Å². The van der Waals surface area contributed by atoms with Crippen molar-refractivity contribution in [2.45, 2.75) is 31.4 Å². The topological polar surface area (TPSA) is 63.2 Å². The van der Waals surface area contributed by atoms with Crippen molar-refractivity contribution in [3.8, 4) is 0 Å². The number of nitrogens with one attached hydrogen (secondary N) is 1. The van der Waals surface area contributed by atoms with Crippen molar-refractivity contribution in [2.75, 3.05) is 11.1 Å². The molecular formula is C13H16BrNO3S. The first-order chi connectivity index (χ1) is 8.90. The van der Waals surface area contributed by atoms with Crippen LogP contribution in [0.2, 0.25) is 0 Å². The zero-order valence-electron chi connectivity index (χ0n) is 10.6. The fourth-order valence-corrected chi connectivity index (χ4v) is 4.24. The number of rotatable bonds is 2. The lowest BCUT2D eigenvalue weighted by Crippen LogP contribution is -2.39. The molecule has 1 aromatic carbocycles. The van der Waals surface area contributed by atoms with E-state index in [0.29, 0.717) is 18.5 Å². The van der Waals surface area contributed by atoms with Gasteiger partial charge in [-0.2, -0.15) is 0 Å². The van der Waals surface area contributed by atoms with Gasteiger partial charge >= 0.3 is 0 Å². The Balaban J connectivity index is 2.14. The molecule has 0 aliphatic carbocycles. The highest BCUT2D eigenvalue weighted by atomic mass is 79.9. The van der Waals surface area contributed by atoms with Crippen LogP contribution < -0.4 is 5.32 Å². The van der Waals surface area contributed by atoms with Gasteiger partial charge in [-0.3, -0.25) is 4.79 Å². The van der Waals surface area contributed by atoms with Crippen molar-refractivity contribution in [1.82, 2.24) is 0 Å². The Bertz CT molecular complexity index is 598. The second kappa shape index (κ2) is 5.63. The third kappa shape index (κ3) is 3.36. The average Bonchev–Trinajstić information content (AvgIpc) is 2.33. The summed E-state index contributed by atoms with van der Waals surface area (Å²) in [6, 6.07) is 5.40. The fraction of sp³-hybridized carbons (Fsp3) is 0.462. The van der Waals surface area contributed by atoms with Crippen LogP contribution in [0.5, 0.6) is 0 Å². The van der Waals surface area contributed by atoms with Crippen LogP contribution in [0, 0.1) is 6.92 Å². The van der Waals surface area contributed by atoms with Crippen LogP contribution in [0.25, 0.3) is 0 Å². The molecule has 0 bridgehead atoms. The lowest BCUT2D eigenvalue weighted by atomic mass is 10.1. The van der Waals surface area contributed by atoms with Crippen LogP contribution in [0.1, 0.15) is 24.8 Å². The van der Waals surface area contributed by atoms with E-state index in [9.17, 15) is 13.2 Å². The van der Waals surface area contributed by atoms with Gasteiger partial charge < -0.3 is 5.32 Å². The summed E-state index contributed by atoms with van der Waals surface area (Å²) >= 11 is 3.38. The predicted octanol–water partition coefficient (Wildman–Crippen LogP) is 2.66. The van der Waals surface area contributed by atoms with E-state index in [1.807, 2.05) is 19.1 Å². The van der Waals surface area contributed by atoms with Crippen LogP contribution in [-0.4, -0.2) is 25.3 Å². The molecule has 0 aromatic heterocycles.